The summed E-state index contributed by atoms with van der Waals surface area (Å²) in [5.41, 5.74) is 2.66. The Labute approximate surface area is 121 Å². The van der Waals surface area contributed by atoms with Gasteiger partial charge >= 0.3 is 5.97 Å². The van der Waals surface area contributed by atoms with Crippen molar-refractivity contribution in [3.63, 3.8) is 0 Å². The zero-order chi connectivity index (χ0) is 14.6. The fourth-order valence-corrected chi connectivity index (χ4v) is 3.51. The topological polar surface area (TPSA) is 29.5 Å². The molecule has 3 heteroatoms. The van der Waals surface area contributed by atoms with Crippen molar-refractivity contribution in [2.75, 3.05) is 19.7 Å². The van der Waals surface area contributed by atoms with Crippen LogP contribution in [-0.4, -0.2) is 36.1 Å². The second-order valence-corrected chi connectivity index (χ2v) is 5.50. The maximum absolute atomic E-state index is 12.0. The number of rotatable bonds is 6. The summed E-state index contributed by atoms with van der Waals surface area (Å²) >= 11 is 0. The predicted octanol–water partition coefficient (Wildman–Crippen LogP) is 2.82. The molecule has 0 N–H and O–H groups in total. The molecule has 20 heavy (non-hydrogen) atoms. The van der Waals surface area contributed by atoms with Gasteiger partial charge in [0.2, 0.25) is 0 Å². The van der Waals surface area contributed by atoms with Crippen molar-refractivity contribution < 1.29 is 9.53 Å². The third-order valence-electron chi connectivity index (χ3n) is 4.37. The average Bonchev–Trinajstić information content (AvgIpc) is 2.78. The lowest BCUT2D eigenvalue weighted by atomic mass is 9.89. The Hall–Kier alpha value is -1.35. The highest BCUT2D eigenvalue weighted by molar-refractivity contribution is 5.71. The predicted molar refractivity (Wildman–Crippen MR) is 80.8 cm³/mol. The maximum Gasteiger partial charge on any atom is 0.307 e. The molecule has 2 rings (SSSR count). The minimum Gasteiger partial charge on any atom is -0.466 e. The normalized spacial score (nSPS) is 16.2. The summed E-state index contributed by atoms with van der Waals surface area (Å²) in [5.74, 6) is -0.0767. The molecule has 0 bridgehead atoms. The van der Waals surface area contributed by atoms with Crippen molar-refractivity contribution in [1.82, 2.24) is 4.90 Å². The van der Waals surface area contributed by atoms with Crippen LogP contribution in [0.3, 0.4) is 0 Å². The van der Waals surface area contributed by atoms with Crippen LogP contribution in [0.5, 0.6) is 0 Å². The third kappa shape index (κ3) is 2.88. The van der Waals surface area contributed by atoms with Crippen LogP contribution in [0.1, 0.15) is 38.3 Å². The van der Waals surface area contributed by atoms with E-state index in [9.17, 15) is 4.79 Å². The van der Waals surface area contributed by atoms with E-state index in [-0.39, 0.29) is 11.5 Å². The molecule has 0 saturated carbocycles. The van der Waals surface area contributed by atoms with Crippen molar-refractivity contribution in [1.29, 1.82) is 0 Å². The molecular formula is C17H25NO2. The highest BCUT2D eigenvalue weighted by Crippen LogP contribution is 2.37. The minimum atomic E-state index is -0.0978. The smallest absolute Gasteiger partial charge is 0.307 e. The molecule has 0 aliphatic heterocycles. The van der Waals surface area contributed by atoms with E-state index in [1.807, 2.05) is 6.92 Å². The molecule has 1 aliphatic carbocycles. The molecule has 110 valence electrons. The van der Waals surface area contributed by atoms with Crippen LogP contribution in [0, 0.1) is 0 Å². The molecule has 0 spiro atoms. The zero-order valence-electron chi connectivity index (χ0n) is 12.8. The van der Waals surface area contributed by atoms with Crippen molar-refractivity contribution in [3.8, 4) is 0 Å². The van der Waals surface area contributed by atoms with Gasteiger partial charge in [0.05, 0.1) is 13.0 Å². The fourth-order valence-electron chi connectivity index (χ4n) is 3.51. The summed E-state index contributed by atoms with van der Waals surface area (Å²) in [6.07, 6.45) is 2.38. The number of benzene rings is 1. The van der Waals surface area contributed by atoms with Gasteiger partial charge in [-0.3, -0.25) is 9.69 Å². The van der Waals surface area contributed by atoms with E-state index < -0.39 is 0 Å². The molecular weight excluding hydrogens is 250 g/mol. The number of likely N-dealkylation sites (N-methyl/N-ethyl adjacent to an activating group) is 1. The van der Waals surface area contributed by atoms with Crippen LogP contribution < -0.4 is 0 Å². The molecule has 0 heterocycles. The Balaban J connectivity index is 2.26. The molecule has 1 aliphatic rings. The Morgan fingerprint density at radius 1 is 1.15 bits per heavy atom. The minimum absolute atomic E-state index is 0.0767. The number of carbonyl (C=O) groups is 1. The Morgan fingerprint density at radius 2 is 1.70 bits per heavy atom. The number of fused-ring (bicyclic) bond motifs is 1. The van der Waals surface area contributed by atoms with Gasteiger partial charge in [0.15, 0.2) is 0 Å². The first-order valence-electron chi connectivity index (χ1n) is 7.62. The number of hydrogen-bond acceptors (Lipinski definition) is 3. The van der Waals surface area contributed by atoms with Gasteiger partial charge in [-0.25, -0.2) is 0 Å². The largest absolute Gasteiger partial charge is 0.466 e. The van der Waals surface area contributed by atoms with E-state index in [2.05, 4.69) is 43.0 Å². The van der Waals surface area contributed by atoms with Crippen molar-refractivity contribution >= 4 is 5.97 Å². The second-order valence-electron chi connectivity index (χ2n) is 5.50. The van der Waals surface area contributed by atoms with Gasteiger partial charge in [-0.05, 0) is 44.0 Å². The van der Waals surface area contributed by atoms with Gasteiger partial charge in [-0.1, -0.05) is 38.1 Å². The standard InChI is InChI=1S/C17H25NO2/c1-4-18(5-2)17(13-16(19)20-6-3)11-14-9-7-8-10-15(14)12-17/h7-10H,4-6,11-13H2,1-3H3. The molecule has 0 aromatic heterocycles. The average molecular weight is 275 g/mol. The quantitative estimate of drug-likeness (QED) is 0.748. The van der Waals surface area contributed by atoms with Gasteiger partial charge in [0.1, 0.15) is 0 Å². The van der Waals surface area contributed by atoms with Crippen LogP contribution in [0.25, 0.3) is 0 Å². The first-order valence-corrected chi connectivity index (χ1v) is 7.62. The Bertz CT molecular complexity index is 441. The second kappa shape index (κ2) is 6.40. The number of nitrogens with zero attached hydrogens (tertiary/aromatic N) is 1. The lowest BCUT2D eigenvalue weighted by molar-refractivity contribution is -0.146. The molecule has 0 radical (unpaired) electrons. The van der Waals surface area contributed by atoms with E-state index in [0.29, 0.717) is 13.0 Å². The van der Waals surface area contributed by atoms with Crippen LogP contribution in [0.4, 0.5) is 0 Å². The van der Waals surface area contributed by atoms with Crippen molar-refractivity contribution in [2.45, 2.75) is 45.6 Å². The summed E-state index contributed by atoms with van der Waals surface area (Å²) in [6.45, 7) is 8.58. The maximum atomic E-state index is 12.0. The van der Waals surface area contributed by atoms with Crippen LogP contribution in [0.2, 0.25) is 0 Å². The van der Waals surface area contributed by atoms with Gasteiger partial charge < -0.3 is 4.74 Å². The van der Waals surface area contributed by atoms with Crippen LogP contribution >= 0.6 is 0 Å². The summed E-state index contributed by atoms with van der Waals surface area (Å²) in [6, 6.07) is 8.54. The van der Waals surface area contributed by atoms with Gasteiger partial charge in [0.25, 0.3) is 0 Å². The van der Waals surface area contributed by atoms with E-state index >= 15 is 0 Å². The fraction of sp³-hybridized carbons (Fsp3) is 0.588. The molecule has 0 unspecified atom stereocenters. The van der Waals surface area contributed by atoms with E-state index in [1.54, 1.807) is 0 Å². The number of esters is 1. The molecule has 3 nitrogen and oxygen atoms in total. The summed E-state index contributed by atoms with van der Waals surface area (Å²) in [7, 11) is 0. The monoisotopic (exact) mass is 275 g/mol. The Kier molecular flexibility index (Phi) is 4.81. The zero-order valence-corrected chi connectivity index (χ0v) is 12.8. The Morgan fingerprint density at radius 3 is 2.15 bits per heavy atom. The van der Waals surface area contributed by atoms with Gasteiger partial charge in [0, 0.05) is 5.54 Å². The highest BCUT2D eigenvalue weighted by atomic mass is 16.5. The molecule has 0 atom stereocenters. The van der Waals surface area contributed by atoms with Crippen LogP contribution in [0.15, 0.2) is 24.3 Å². The van der Waals surface area contributed by atoms with Gasteiger partial charge in [-0.15, -0.1) is 0 Å². The van der Waals surface area contributed by atoms with Crippen molar-refractivity contribution in [2.24, 2.45) is 0 Å². The lowest BCUT2D eigenvalue weighted by Gasteiger charge is -2.39. The number of ether oxygens (including phenoxy) is 1. The molecule has 0 amide bonds. The molecule has 1 aromatic rings. The lowest BCUT2D eigenvalue weighted by Crippen LogP contribution is -2.51. The number of carbonyl (C=O) groups excluding carboxylic acids is 1. The summed E-state index contributed by atoms with van der Waals surface area (Å²) in [5, 5.41) is 0. The molecule has 1 aromatic carbocycles. The van der Waals surface area contributed by atoms with Crippen molar-refractivity contribution in [3.05, 3.63) is 35.4 Å². The summed E-state index contributed by atoms with van der Waals surface area (Å²) < 4.78 is 5.20. The number of hydrogen-bond donors (Lipinski definition) is 0. The third-order valence-corrected chi connectivity index (χ3v) is 4.37. The first kappa shape index (κ1) is 15.0. The highest BCUT2D eigenvalue weighted by Gasteiger charge is 2.42. The van der Waals surface area contributed by atoms with Crippen LogP contribution in [-0.2, 0) is 22.4 Å². The molecule has 0 fully saturated rings. The SMILES string of the molecule is CCOC(=O)CC1(N(CC)CC)Cc2ccccc2C1. The first-order chi connectivity index (χ1) is 9.65. The summed E-state index contributed by atoms with van der Waals surface area (Å²) in [4.78, 5) is 14.5. The van der Waals surface area contributed by atoms with E-state index in [0.717, 1.165) is 25.9 Å². The molecule has 0 saturated heterocycles. The van der Waals surface area contributed by atoms with Gasteiger partial charge in [-0.2, -0.15) is 0 Å². The van der Waals surface area contributed by atoms with E-state index in [4.69, 9.17) is 4.74 Å². The van der Waals surface area contributed by atoms with E-state index in [1.165, 1.54) is 11.1 Å².